The molecule has 0 saturated carbocycles. The molecule has 0 saturated heterocycles. The van der Waals surface area contributed by atoms with Crippen LogP contribution in [0.25, 0.3) is 0 Å². The molecule has 0 aliphatic carbocycles. The highest BCUT2D eigenvalue weighted by atomic mass is 32.2. The number of ether oxygens (including phenoxy) is 1. The lowest BCUT2D eigenvalue weighted by molar-refractivity contribution is -0.123. The molecule has 0 fully saturated rings. The first-order chi connectivity index (χ1) is 10.2. The largest absolute Gasteiger partial charge is 0.496 e. The van der Waals surface area contributed by atoms with Crippen molar-refractivity contribution in [3.05, 3.63) is 40.4 Å². The van der Waals surface area contributed by atoms with Gasteiger partial charge in [-0.15, -0.1) is 11.8 Å². The molecule has 5 nitrogen and oxygen atoms in total. The van der Waals surface area contributed by atoms with Crippen molar-refractivity contribution in [2.45, 2.75) is 5.92 Å². The lowest BCUT2D eigenvalue weighted by atomic mass is 9.79. The zero-order valence-corrected chi connectivity index (χ0v) is 12.4. The summed E-state index contributed by atoms with van der Waals surface area (Å²) in [6.45, 7) is 0. The number of hydrogen-bond donors (Lipinski definition) is 1. The van der Waals surface area contributed by atoms with Gasteiger partial charge in [0.15, 0.2) is 0 Å². The second-order valence-electron chi connectivity index (χ2n) is 4.37. The molecular weight excluding hydrogens is 286 g/mol. The van der Waals surface area contributed by atoms with Crippen LogP contribution in [0.5, 0.6) is 5.75 Å². The average molecular weight is 299 g/mol. The number of hydrogen-bond acceptors (Lipinski definition) is 5. The zero-order valence-electron chi connectivity index (χ0n) is 11.6. The Morgan fingerprint density at radius 3 is 2.62 bits per heavy atom. The molecule has 1 amide bonds. The van der Waals surface area contributed by atoms with Gasteiger partial charge in [-0.3, -0.25) is 4.79 Å². The van der Waals surface area contributed by atoms with Gasteiger partial charge in [0.05, 0.1) is 35.8 Å². The molecule has 6 heteroatoms. The Hall–Kier alpha value is -2.44. The number of nitrogens with zero attached hydrogens (tertiary/aromatic N) is 2. The van der Waals surface area contributed by atoms with Crippen LogP contribution in [0, 0.1) is 28.6 Å². The van der Waals surface area contributed by atoms with Crippen LogP contribution < -0.4 is 10.1 Å². The Balaban J connectivity index is 2.68. The number of carbonyl (C=O) groups excluding carboxylic acids is 1. The highest BCUT2D eigenvalue weighted by molar-refractivity contribution is 8.02. The Morgan fingerprint density at radius 1 is 1.33 bits per heavy atom. The molecule has 2 unspecified atom stereocenters. The van der Waals surface area contributed by atoms with Gasteiger partial charge >= 0.3 is 0 Å². The van der Waals surface area contributed by atoms with Gasteiger partial charge in [-0.2, -0.15) is 10.5 Å². The second-order valence-corrected chi connectivity index (χ2v) is 5.19. The molecule has 1 aliphatic heterocycles. The van der Waals surface area contributed by atoms with E-state index < -0.39 is 17.7 Å². The van der Waals surface area contributed by atoms with E-state index in [2.05, 4.69) is 11.4 Å². The molecule has 1 aromatic rings. The molecule has 1 aliphatic rings. The lowest BCUT2D eigenvalue weighted by Crippen LogP contribution is -2.38. The maximum atomic E-state index is 12.1. The quantitative estimate of drug-likeness (QED) is 0.924. The Morgan fingerprint density at radius 2 is 2.05 bits per heavy atom. The van der Waals surface area contributed by atoms with Gasteiger partial charge in [0.1, 0.15) is 11.7 Å². The fraction of sp³-hybridized carbons (Fsp3) is 0.267. The first-order valence-electron chi connectivity index (χ1n) is 6.19. The minimum absolute atomic E-state index is 0.387. The molecule has 0 aromatic heterocycles. The van der Waals surface area contributed by atoms with Gasteiger partial charge in [-0.05, 0) is 12.3 Å². The van der Waals surface area contributed by atoms with Crippen LogP contribution >= 0.6 is 11.8 Å². The highest BCUT2D eigenvalue weighted by Gasteiger charge is 2.40. The summed E-state index contributed by atoms with van der Waals surface area (Å²) < 4.78 is 5.31. The van der Waals surface area contributed by atoms with Crippen LogP contribution in [0.3, 0.4) is 0 Å². The molecule has 0 bridgehead atoms. The van der Waals surface area contributed by atoms with Gasteiger partial charge in [0.2, 0.25) is 5.91 Å². The van der Waals surface area contributed by atoms with E-state index >= 15 is 0 Å². The average Bonchev–Trinajstić information content (AvgIpc) is 2.53. The molecule has 1 aromatic carbocycles. The Kier molecular flexibility index (Phi) is 4.52. The number of nitriles is 2. The van der Waals surface area contributed by atoms with E-state index in [0.717, 1.165) is 0 Å². The number of amides is 1. The topological polar surface area (TPSA) is 85.9 Å². The van der Waals surface area contributed by atoms with Gasteiger partial charge < -0.3 is 10.1 Å². The van der Waals surface area contributed by atoms with Crippen LogP contribution in [0.2, 0.25) is 0 Å². The minimum atomic E-state index is -0.952. The summed E-state index contributed by atoms with van der Waals surface area (Å²) in [6, 6.07) is 11.3. The number of thioether (sulfide) groups is 1. The molecule has 0 radical (unpaired) electrons. The maximum Gasteiger partial charge on any atom is 0.243 e. The van der Waals surface area contributed by atoms with E-state index in [-0.39, 0.29) is 0 Å². The van der Waals surface area contributed by atoms with Crippen molar-refractivity contribution in [2.75, 3.05) is 13.4 Å². The fourth-order valence-electron chi connectivity index (χ4n) is 2.39. The van der Waals surface area contributed by atoms with Gasteiger partial charge in [0, 0.05) is 5.56 Å². The standard InChI is InChI=1S/C15H13N3O2S/c1-20-12-6-4-3-5-9(12)13-10(7-16)14(19)18-15(21-2)11(13)8-17/h3-6,10,13H,1-2H3,(H,18,19). The van der Waals surface area contributed by atoms with E-state index in [1.807, 2.05) is 6.07 Å². The maximum absolute atomic E-state index is 12.1. The van der Waals surface area contributed by atoms with Gasteiger partial charge in [-0.1, -0.05) is 18.2 Å². The molecule has 106 valence electrons. The van der Waals surface area contributed by atoms with Gasteiger partial charge in [-0.25, -0.2) is 0 Å². The third-order valence-corrected chi connectivity index (χ3v) is 4.08. The van der Waals surface area contributed by atoms with E-state index in [1.54, 1.807) is 30.5 Å². The predicted molar refractivity (Wildman–Crippen MR) is 79.1 cm³/mol. The van der Waals surface area contributed by atoms with E-state index in [4.69, 9.17) is 4.74 Å². The minimum Gasteiger partial charge on any atom is -0.496 e. The van der Waals surface area contributed by atoms with E-state index in [9.17, 15) is 15.3 Å². The van der Waals surface area contributed by atoms with Crippen molar-refractivity contribution in [3.8, 4) is 17.9 Å². The lowest BCUT2D eigenvalue weighted by Gasteiger charge is -2.29. The van der Waals surface area contributed by atoms with E-state index in [0.29, 0.717) is 21.9 Å². The normalized spacial score (nSPS) is 21.2. The van der Waals surface area contributed by atoms with Crippen molar-refractivity contribution in [2.24, 2.45) is 5.92 Å². The first-order valence-corrected chi connectivity index (χ1v) is 7.42. The van der Waals surface area contributed by atoms with Crippen LogP contribution in [0.15, 0.2) is 34.9 Å². The molecule has 21 heavy (non-hydrogen) atoms. The third-order valence-electron chi connectivity index (χ3n) is 3.35. The number of carbonyl (C=O) groups is 1. The van der Waals surface area contributed by atoms with Crippen molar-refractivity contribution < 1.29 is 9.53 Å². The van der Waals surface area contributed by atoms with E-state index in [1.165, 1.54) is 18.9 Å². The summed E-state index contributed by atoms with van der Waals surface area (Å²) in [6.07, 6.45) is 1.78. The summed E-state index contributed by atoms with van der Waals surface area (Å²) in [7, 11) is 1.52. The molecule has 2 atom stereocenters. The number of nitrogens with one attached hydrogen (secondary N) is 1. The van der Waals surface area contributed by atoms with Crippen molar-refractivity contribution in [1.82, 2.24) is 5.32 Å². The Bertz CT molecular complexity index is 685. The van der Waals surface area contributed by atoms with Gasteiger partial charge in [0.25, 0.3) is 0 Å². The van der Waals surface area contributed by atoms with Crippen LogP contribution in [-0.4, -0.2) is 19.3 Å². The third kappa shape index (κ3) is 2.58. The van der Waals surface area contributed by atoms with Crippen molar-refractivity contribution >= 4 is 17.7 Å². The number of benzene rings is 1. The summed E-state index contributed by atoms with van der Waals surface area (Å²) >= 11 is 1.28. The van der Waals surface area contributed by atoms with Crippen molar-refractivity contribution in [3.63, 3.8) is 0 Å². The number of rotatable bonds is 3. The molecular formula is C15H13N3O2S. The van der Waals surface area contributed by atoms with Crippen molar-refractivity contribution in [1.29, 1.82) is 10.5 Å². The van der Waals surface area contributed by atoms with Crippen LogP contribution in [0.1, 0.15) is 11.5 Å². The summed E-state index contributed by atoms with van der Waals surface area (Å²) in [5.41, 5.74) is 1.06. The number of allylic oxidation sites excluding steroid dienone is 1. The first kappa shape index (κ1) is 15.0. The highest BCUT2D eigenvalue weighted by Crippen LogP contribution is 2.41. The summed E-state index contributed by atoms with van der Waals surface area (Å²) in [5, 5.41) is 21.9. The smallest absolute Gasteiger partial charge is 0.243 e. The number of methoxy groups -OCH3 is 1. The molecule has 0 spiro atoms. The zero-order chi connectivity index (χ0) is 15.4. The monoisotopic (exact) mass is 299 g/mol. The SMILES string of the molecule is COc1ccccc1C1C(C#N)=C(SC)NC(=O)C1C#N. The number of para-hydroxylation sites is 1. The predicted octanol–water partition coefficient (Wildman–Crippen LogP) is 2.15. The van der Waals surface area contributed by atoms with Crippen LogP contribution in [-0.2, 0) is 4.79 Å². The summed E-state index contributed by atoms with van der Waals surface area (Å²) in [5.74, 6) is -1.40. The second kappa shape index (κ2) is 6.34. The molecule has 1 N–H and O–H groups in total. The molecule has 1 heterocycles. The summed E-state index contributed by atoms with van der Waals surface area (Å²) in [4.78, 5) is 12.1. The fourth-order valence-corrected chi connectivity index (χ4v) is 2.98. The molecule has 2 rings (SSSR count). The Labute approximate surface area is 127 Å². The van der Waals surface area contributed by atoms with Crippen LogP contribution in [0.4, 0.5) is 0 Å².